The minimum atomic E-state index is -0.521. The van der Waals surface area contributed by atoms with Crippen LogP contribution in [0.2, 0.25) is 0 Å². The number of para-hydroxylation sites is 3. The van der Waals surface area contributed by atoms with Gasteiger partial charge in [0.2, 0.25) is 11.6 Å². The average Bonchev–Trinajstić information content (AvgIpc) is 0.796. The van der Waals surface area contributed by atoms with E-state index in [9.17, 15) is 49.5 Å². The van der Waals surface area contributed by atoms with Gasteiger partial charge >= 0.3 is 69.3 Å². The Morgan fingerprint density at radius 3 is 1.05 bits per heavy atom. The van der Waals surface area contributed by atoms with Crippen molar-refractivity contribution in [3.05, 3.63) is 301 Å². The molecule has 9 aromatic carbocycles. The maximum atomic E-state index is 12.0. The zero-order chi connectivity index (χ0) is 67.9. The first-order valence-electron chi connectivity index (χ1n) is 28.9. The third-order valence-electron chi connectivity index (χ3n) is 14.1. The van der Waals surface area contributed by atoms with Crippen LogP contribution in [0.4, 0.5) is 17.1 Å². The predicted octanol–water partition coefficient (Wildman–Crippen LogP) is 10.9. The quantitative estimate of drug-likeness (QED) is 0.0216. The first-order chi connectivity index (χ1) is 46.7. The topological polar surface area (TPSA) is 359 Å². The first-order valence-corrected chi connectivity index (χ1v) is 28.9. The second kappa shape index (κ2) is 36.0. The number of hydrogen-bond acceptors (Lipinski definition) is 22. The van der Waals surface area contributed by atoms with Crippen LogP contribution in [-0.4, -0.2) is 107 Å². The van der Waals surface area contributed by atoms with Crippen LogP contribution in [0, 0.1) is 30.3 Å². The summed E-state index contributed by atoms with van der Waals surface area (Å²) in [6, 6.07) is 71.6. The molecule has 0 aliphatic heterocycles. The minimum absolute atomic E-state index is 0. The fraction of sp³-hybridized carbons (Fsp3) is 0.0556. The van der Waals surface area contributed by atoms with Crippen molar-refractivity contribution in [3.63, 3.8) is 0 Å². The number of rotatable bonds is 16. The summed E-state index contributed by atoms with van der Waals surface area (Å²) in [6.07, 6.45) is 1.44. The van der Waals surface area contributed by atoms with Gasteiger partial charge in [0, 0.05) is 52.4 Å². The van der Waals surface area contributed by atoms with E-state index in [0.29, 0.717) is 73.7 Å². The molecule has 0 unspecified atom stereocenters. The molecule has 0 amide bonds. The number of nitro groups is 3. The summed E-state index contributed by atoms with van der Waals surface area (Å²) in [5.74, 6) is -1.16. The molecule has 0 atom stereocenters. The molecule has 0 saturated carbocycles. The van der Waals surface area contributed by atoms with Gasteiger partial charge in [-0.3, -0.25) is 30.3 Å². The molecule has 98 heavy (non-hydrogen) atoms. The molecule has 12 aromatic rings. The molecule has 482 valence electrons. The number of carbonyl (C=O) groups is 4. The Labute approximate surface area is 601 Å². The predicted molar refractivity (Wildman–Crippen MR) is 357 cm³/mol. The molecule has 25 nitrogen and oxygen atoms in total. The number of aldehydes is 1. The van der Waals surface area contributed by atoms with Gasteiger partial charge in [-0.25, -0.2) is 14.4 Å². The molecule has 0 bridgehead atoms. The summed E-state index contributed by atoms with van der Waals surface area (Å²) in [6.45, 7) is 0. The van der Waals surface area contributed by atoms with E-state index in [0.717, 1.165) is 34.1 Å². The standard InChI is InChI=1S/2C24H17N3O4.C16H11N5O4.C8H8O.K.H2O/c2*1-31-24(28)18-11-7-10-17(14-18)23-20(16-8-3-2-4-9-16)15-21(25-26-23)19-12-5-6-13-22(19)27(29)30;1-25-16(22)11-6-4-5-10(9-11)14-17-19-15(20-18-14)12-7-2-3-8-13(12)21(23)24;9-7-6-8-4-2-1-3-5-8;;/h2*2-15H,1H3;2-9H,1H3;1-5,7H,6H2;;1H2/q;;;;+1;/p-1. The Kier molecular flexibility index (Phi) is 27.0. The molecule has 1 N–H and O–H groups in total. The van der Waals surface area contributed by atoms with Gasteiger partial charge in [-0.15, -0.1) is 40.8 Å². The molecule has 0 radical (unpaired) electrons. The van der Waals surface area contributed by atoms with E-state index in [1.54, 1.807) is 121 Å². The number of nitrogens with zero attached hydrogens (tertiary/aromatic N) is 11. The van der Waals surface area contributed by atoms with Gasteiger partial charge in [0.05, 0.1) is 63.9 Å². The largest absolute Gasteiger partial charge is 1.00 e. The second-order valence-corrected chi connectivity index (χ2v) is 20.2. The average molecular weight is 1340 g/mol. The fourth-order valence-electron chi connectivity index (χ4n) is 9.56. The van der Waals surface area contributed by atoms with Crippen molar-refractivity contribution in [3.8, 4) is 90.1 Å². The minimum Gasteiger partial charge on any atom is -0.870 e. The molecular weight excluding hydrogens is 1280 g/mol. The van der Waals surface area contributed by atoms with Gasteiger partial charge in [0.25, 0.3) is 17.1 Å². The maximum absolute atomic E-state index is 12.0. The van der Waals surface area contributed by atoms with Gasteiger partial charge < -0.3 is 24.5 Å². The molecule has 0 aliphatic rings. The van der Waals surface area contributed by atoms with Crippen molar-refractivity contribution in [2.45, 2.75) is 6.42 Å². The number of methoxy groups -OCH3 is 3. The molecule has 26 heteroatoms. The second-order valence-electron chi connectivity index (χ2n) is 20.2. The molecule has 3 aromatic heterocycles. The number of benzene rings is 9. The van der Waals surface area contributed by atoms with E-state index in [2.05, 4.69) is 45.5 Å². The van der Waals surface area contributed by atoms with Crippen LogP contribution in [-0.2, 0) is 25.4 Å². The van der Waals surface area contributed by atoms with Crippen molar-refractivity contribution in [1.29, 1.82) is 0 Å². The first kappa shape index (κ1) is 73.4. The molecule has 3 heterocycles. The van der Waals surface area contributed by atoms with E-state index in [4.69, 9.17) is 9.47 Å². The number of nitro benzene ring substituents is 3. The van der Waals surface area contributed by atoms with Gasteiger partial charge in [-0.2, -0.15) is 0 Å². The molecule has 0 fully saturated rings. The van der Waals surface area contributed by atoms with Crippen LogP contribution in [0.1, 0.15) is 36.6 Å². The summed E-state index contributed by atoms with van der Waals surface area (Å²) in [7, 11) is 3.94. The Balaban J connectivity index is 0.000000193. The van der Waals surface area contributed by atoms with Crippen molar-refractivity contribution in [2.24, 2.45) is 0 Å². The van der Waals surface area contributed by atoms with Gasteiger partial charge in [0.15, 0.2) is 0 Å². The summed E-state index contributed by atoms with van der Waals surface area (Å²) in [5.41, 5.74) is 9.97. The Hall–Kier alpha value is -12.0. The van der Waals surface area contributed by atoms with Gasteiger partial charge in [0.1, 0.15) is 34.6 Å². The van der Waals surface area contributed by atoms with Crippen LogP contribution < -0.4 is 51.4 Å². The molecule has 0 aliphatic carbocycles. The maximum Gasteiger partial charge on any atom is 1.00 e. The van der Waals surface area contributed by atoms with E-state index >= 15 is 0 Å². The Morgan fingerprint density at radius 2 is 0.673 bits per heavy atom. The normalized spacial score (nSPS) is 10.1. The number of ether oxygens (including phenoxy) is 3. The van der Waals surface area contributed by atoms with E-state index in [-0.39, 0.29) is 91.1 Å². The van der Waals surface area contributed by atoms with Crippen LogP contribution in [0.25, 0.3) is 90.1 Å². The smallest absolute Gasteiger partial charge is 0.870 e. The zero-order valence-corrected chi connectivity index (χ0v) is 55.8. The monoisotopic (exact) mass is 1340 g/mol. The van der Waals surface area contributed by atoms with Crippen molar-refractivity contribution >= 4 is 41.3 Å². The fourth-order valence-corrected chi connectivity index (χ4v) is 9.56. The van der Waals surface area contributed by atoms with E-state index < -0.39 is 32.7 Å². The van der Waals surface area contributed by atoms with Gasteiger partial charge in [-0.05, 0) is 83.4 Å². The number of hydrogen-bond donors (Lipinski definition) is 0. The molecule has 0 saturated heterocycles. The summed E-state index contributed by atoms with van der Waals surface area (Å²) in [5, 5.41) is 67.2. The van der Waals surface area contributed by atoms with E-state index in [1.807, 2.05) is 103 Å². The van der Waals surface area contributed by atoms with Crippen LogP contribution in [0.5, 0.6) is 0 Å². The van der Waals surface area contributed by atoms with Crippen LogP contribution in [0.3, 0.4) is 0 Å². The summed E-state index contributed by atoms with van der Waals surface area (Å²) in [4.78, 5) is 78.1. The summed E-state index contributed by atoms with van der Waals surface area (Å²) >= 11 is 0. The number of esters is 3. The van der Waals surface area contributed by atoms with Crippen molar-refractivity contribution in [1.82, 2.24) is 40.8 Å². The number of aromatic nitrogens is 8. The van der Waals surface area contributed by atoms with Crippen molar-refractivity contribution in [2.75, 3.05) is 21.3 Å². The third-order valence-corrected chi connectivity index (χ3v) is 14.1. The Morgan fingerprint density at radius 1 is 0.357 bits per heavy atom. The third kappa shape index (κ3) is 18.7. The van der Waals surface area contributed by atoms with Gasteiger partial charge in [-0.1, -0.05) is 164 Å². The van der Waals surface area contributed by atoms with E-state index in [1.165, 1.54) is 45.6 Å². The Bertz CT molecular complexity index is 4590. The van der Waals surface area contributed by atoms with Crippen LogP contribution in [0.15, 0.2) is 249 Å². The molecule has 12 rings (SSSR count). The SMILES string of the molecule is COC(=O)c1cccc(-c2nnc(-c3ccccc3[N+](=O)[O-])cc2-c2ccccc2)c1.COC(=O)c1cccc(-c2nnc(-c3ccccc3[N+](=O)[O-])cc2-c2ccccc2)c1.COC(=O)c1cccc(-c2nnc(-c3ccccc3[N+](=O)[O-])nn2)c1.O=CCc1ccccc1.[K+].[OH-]. The molecule has 0 spiro atoms. The van der Waals surface area contributed by atoms with Crippen LogP contribution >= 0.6 is 0 Å². The summed E-state index contributed by atoms with van der Waals surface area (Å²) < 4.78 is 14.3. The zero-order valence-electron chi connectivity index (χ0n) is 52.6. The van der Waals surface area contributed by atoms with Crippen molar-refractivity contribution < 1.29 is 105 Å². The molecular formula is C72H54KN11O14. The number of carbonyl (C=O) groups excluding carboxylic acids is 4.